The van der Waals surface area contributed by atoms with Crippen LogP contribution in [-0.2, 0) is 4.79 Å². The maximum atomic E-state index is 11.3. The minimum absolute atomic E-state index is 0.0520. The van der Waals surface area contributed by atoms with Crippen molar-refractivity contribution in [3.05, 3.63) is 24.3 Å². The lowest BCUT2D eigenvalue weighted by molar-refractivity contribution is -0.115. The molecule has 0 saturated carbocycles. The van der Waals surface area contributed by atoms with Gasteiger partial charge in [0.1, 0.15) is 0 Å². The lowest BCUT2D eigenvalue weighted by Gasteiger charge is -2.15. The summed E-state index contributed by atoms with van der Waals surface area (Å²) < 4.78 is 0. The molecular formula is C18H30N2O. The molecule has 2 N–H and O–H groups in total. The molecule has 0 aromatic heterocycles. The maximum absolute atomic E-state index is 11.3. The molecule has 1 amide bonds. The molecule has 1 rings (SSSR count). The highest BCUT2D eigenvalue weighted by atomic mass is 16.1. The molecule has 0 bridgehead atoms. The monoisotopic (exact) mass is 290 g/mol. The van der Waals surface area contributed by atoms with Crippen molar-refractivity contribution >= 4 is 17.3 Å². The predicted molar refractivity (Wildman–Crippen MR) is 91.8 cm³/mol. The van der Waals surface area contributed by atoms with Gasteiger partial charge in [-0.3, -0.25) is 4.79 Å². The van der Waals surface area contributed by atoms with Crippen LogP contribution in [0.4, 0.5) is 11.4 Å². The van der Waals surface area contributed by atoms with E-state index in [1.165, 1.54) is 38.5 Å². The van der Waals surface area contributed by atoms with Crippen LogP contribution in [0, 0.1) is 0 Å². The molecule has 1 atom stereocenters. The zero-order chi connectivity index (χ0) is 15.5. The summed E-state index contributed by atoms with van der Waals surface area (Å²) in [6.07, 6.45) is 8.35. The van der Waals surface area contributed by atoms with Crippen molar-refractivity contribution < 1.29 is 4.79 Å². The Kier molecular flexibility index (Phi) is 8.56. The minimum atomic E-state index is 0.0520. The van der Waals surface area contributed by atoms with Crippen LogP contribution in [0.1, 0.15) is 65.7 Å². The third-order valence-electron chi connectivity index (χ3n) is 3.64. The number of carbonyl (C=O) groups is 1. The molecule has 0 radical (unpaired) electrons. The highest BCUT2D eigenvalue weighted by molar-refractivity contribution is 5.90. The number of hydrogen-bond donors (Lipinski definition) is 2. The van der Waals surface area contributed by atoms with Gasteiger partial charge in [-0.25, -0.2) is 0 Å². The van der Waals surface area contributed by atoms with Gasteiger partial charge in [-0.1, -0.05) is 46.0 Å². The Balaban J connectivity index is 2.29. The SMILES string of the molecule is CCCCCCCC(C)Nc1ccc(NC(=O)CC)cc1. The highest BCUT2D eigenvalue weighted by Gasteiger charge is 2.03. The third-order valence-corrected chi connectivity index (χ3v) is 3.64. The molecule has 0 heterocycles. The fourth-order valence-corrected chi connectivity index (χ4v) is 2.31. The van der Waals surface area contributed by atoms with Crippen molar-refractivity contribution in [2.45, 2.75) is 71.8 Å². The average Bonchev–Trinajstić information content (AvgIpc) is 2.49. The molecule has 1 aromatic rings. The van der Waals surface area contributed by atoms with Crippen molar-refractivity contribution in [2.24, 2.45) is 0 Å². The first-order valence-corrected chi connectivity index (χ1v) is 8.32. The summed E-state index contributed by atoms with van der Waals surface area (Å²) >= 11 is 0. The predicted octanol–water partition coefficient (Wildman–Crippen LogP) is 5.20. The topological polar surface area (TPSA) is 41.1 Å². The lowest BCUT2D eigenvalue weighted by atomic mass is 10.1. The molecule has 0 aliphatic rings. The van der Waals surface area contributed by atoms with Crippen LogP contribution in [-0.4, -0.2) is 11.9 Å². The number of benzene rings is 1. The summed E-state index contributed by atoms with van der Waals surface area (Å²) in [5.74, 6) is 0.0520. The van der Waals surface area contributed by atoms with Crippen LogP contribution < -0.4 is 10.6 Å². The molecule has 0 aliphatic carbocycles. The second-order valence-electron chi connectivity index (χ2n) is 5.73. The van der Waals surface area contributed by atoms with E-state index in [0.29, 0.717) is 12.5 Å². The molecule has 1 aromatic carbocycles. The Morgan fingerprint density at radius 1 is 1.00 bits per heavy atom. The standard InChI is InChI=1S/C18H30N2O/c1-4-6-7-8-9-10-15(3)19-16-11-13-17(14-12-16)20-18(21)5-2/h11-15,19H,4-10H2,1-3H3,(H,20,21). The zero-order valence-electron chi connectivity index (χ0n) is 13.7. The van der Waals surface area contributed by atoms with Gasteiger partial charge in [0.25, 0.3) is 0 Å². The molecule has 1 unspecified atom stereocenters. The van der Waals surface area contributed by atoms with E-state index in [0.717, 1.165) is 11.4 Å². The van der Waals surface area contributed by atoms with E-state index >= 15 is 0 Å². The van der Waals surface area contributed by atoms with Crippen LogP contribution in [0.2, 0.25) is 0 Å². The normalized spacial score (nSPS) is 12.0. The van der Waals surface area contributed by atoms with E-state index in [1.54, 1.807) is 0 Å². The van der Waals surface area contributed by atoms with E-state index in [4.69, 9.17) is 0 Å². The number of nitrogens with one attached hydrogen (secondary N) is 2. The lowest BCUT2D eigenvalue weighted by Crippen LogP contribution is -2.15. The summed E-state index contributed by atoms with van der Waals surface area (Å²) in [7, 11) is 0. The average molecular weight is 290 g/mol. The van der Waals surface area contributed by atoms with Gasteiger partial charge >= 0.3 is 0 Å². The molecule has 3 nitrogen and oxygen atoms in total. The summed E-state index contributed by atoms with van der Waals surface area (Å²) in [4.78, 5) is 11.3. The maximum Gasteiger partial charge on any atom is 0.224 e. The van der Waals surface area contributed by atoms with Gasteiger partial charge in [0.15, 0.2) is 0 Å². The Morgan fingerprint density at radius 2 is 1.62 bits per heavy atom. The fourth-order valence-electron chi connectivity index (χ4n) is 2.31. The van der Waals surface area contributed by atoms with Crippen LogP contribution in [0.25, 0.3) is 0 Å². The van der Waals surface area contributed by atoms with Gasteiger partial charge < -0.3 is 10.6 Å². The summed E-state index contributed by atoms with van der Waals surface area (Å²) in [5.41, 5.74) is 1.98. The molecule has 0 spiro atoms. The van der Waals surface area contributed by atoms with Crippen molar-refractivity contribution in [3.63, 3.8) is 0 Å². The number of amides is 1. The smallest absolute Gasteiger partial charge is 0.224 e. The van der Waals surface area contributed by atoms with Crippen LogP contribution in [0.15, 0.2) is 24.3 Å². The van der Waals surface area contributed by atoms with Gasteiger partial charge in [0, 0.05) is 23.8 Å². The highest BCUT2D eigenvalue weighted by Crippen LogP contribution is 2.16. The van der Waals surface area contributed by atoms with E-state index in [-0.39, 0.29) is 5.91 Å². The van der Waals surface area contributed by atoms with Gasteiger partial charge in [-0.05, 0) is 37.6 Å². The Labute approximate surface area is 129 Å². The summed E-state index contributed by atoms with van der Waals surface area (Å²) in [5, 5.41) is 6.37. The Bertz CT molecular complexity index is 400. The van der Waals surface area contributed by atoms with Crippen molar-refractivity contribution in [1.29, 1.82) is 0 Å². The van der Waals surface area contributed by atoms with Crippen molar-refractivity contribution in [2.75, 3.05) is 10.6 Å². The van der Waals surface area contributed by atoms with E-state index in [1.807, 2.05) is 31.2 Å². The first kappa shape index (κ1) is 17.5. The molecule has 3 heteroatoms. The van der Waals surface area contributed by atoms with Crippen LogP contribution >= 0.6 is 0 Å². The van der Waals surface area contributed by atoms with Crippen LogP contribution in [0.5, 0.6) is 0 Å². The van der Waals surface area contributed by atoms with Gasteiger partial charge in [0.2, 0.25) is 5.91 Å². The number of anilines is 2. The molecular weight excluding hydrogens is 260 g/mol. The third kappa shape index (κ3) is 7.74. The number of unbranched alkanes of at least 4 members (excludes halogenated alkanes) is 4. The van der Waals surface area contributed by atoms with E-state index in [2.05, 4.69) is 24.5 Å². The first-order chi connectivity index (χ1) is 10.2. The number of carbonyl (C=O) groups excluding carboxylic acids is 1. The molecule has 21 heavy (non-hydrogen) atoms. The molecule has 0 aliphatic heterocycles. The molecule has 118 valence electrons. The molecule has 0 saturated heterocycles. The first-order valence-electron chi connectivity index (χ1n) is 8.32. The van der Waals surface area contributed by atoms with Crippen LogP contribution in [0.3, 0.4) is 0 Å². The van der Waals surface area contributed by atoms with Crippen molar-refractivity contribution in [1.82, 2.24) is 0 Å². The Morgan fingerprint density at radius 3 is 2.24 bits per heavy atom. The van der Waals surface area contributed by atoms with Gasteiger partial charge in [-0.15, -0.1) is 0 Å². The summed E-state index contributed by atoms with van der Waals surface area (Å²) in [6, 6.07) is 8.44. The summed E-state index contributed by atoms with van der Waals surface area (Å²) in [6.45, 7) is 6.33. The van der Waals surface area contributed by atoms with E-state index < -0.39 is 0 Å². The zero-order valence-corrected chi connectivity index (χ0v) is 13.7. The number of hydrogen-bond acceptors (Lipinski definition) is 2. The fraction of sp³-hybridized carbons (Fsp3) is 0.611. The largest absolute Gasteiger partial charge is 0.383 e. The van der Waals surface area contributed by atoms with Gasteiger partial charge in [0.05, 0.1) is 0 Å². The Hall–Kier alpha value is -1.51. The minimum Gasteiger partial charge on any atom is -0.383 e. The van der Waals surface area contributed by atoms with Gasteiger partial charge in [-0.2, -0.15) is 0 Å². The molecule has 0 fully saturated rings. The van der Waals surface area contributed by atoms with Crippen molar-refractivity contribution in [3.8, 4) is 0 Å². The quantitative estimate of drug-likeness (QED) is 0.582. The second kappa shape index (κ2) is 10.3. The number of rotatable bonds is 10. The second-order valence-corrected chi connectivity index (χ2v) is 5.73. The van der Waals surface area contributed by atoms with E-state index in [9.17, 15) is 4.79 Å².